The van der Waals surface area contributed by atoms with E-state index in [1.807, 2.05) is 0 Å². The molecule has 0 bridgehead atoms. The highest BCUT2D eigenvalue weighted by atomic mass is 35.5. The van der Waals surface area contributed by atoms with Crippen molar-refractivity contribution in [3.05, 3.63) is 93.4 Å². The normalized spacial score (nSPS) is 12.0. The van der Waals surface area contributed by atoms with Gasteiger partial charge >= 0.3 is 0 Å². The molecule has 0 aliphatic rings. The van der Waals surface area contributed by atoms with E-state index in [0.29, 0.717) is 20.6 Å². The zero-order chi connectivity index (χ0) is 27.2. The maximum atomic E-state index is 13.8. The minimum Gasteiger partial charge on any atom is -0.357 e. The standard InChI is InChI=1S/C26H26Cl3N3O4S/c1-3-24(26(34)30-2)31(16-21-22(28)10-7-11-23(21)29)25(33)17-32(19-14-12-18(27)13-15-19)37(35,36)20-8-5-4-6-9-20/h4-15,24H,3,16-17H2,1-2H3,(H,30,34)/t24-/m1/s1. The van der Waals surface area contributed by atoms with E-state index in [2.05, 4.69) is 5.32 Å². The smallest absolute Gasteiger partial charge is 0.264 e. The predicted molar refractivity (Wildman–Crippen MR) is 148 cm³/mol. The highest BCUT2D eigenvalue weighted by Crippen LogP contribution is 2.29. The van der Waals surface area contributed by atoms with Gasteiger partial charge < -0.3 is 10.2 Å². The maximum Gasteiger partial charge on any atom is 0.264 e. The first kappa shape index (κ1) is 28.8. The molecule has 196 valence electrons. The molecular formula is C26H26Cl3N3O4S. The molecular weight excluding hydrogens is 557 g/mol. The van der Waals surface area contributed by atoms with Gasteiger partial charge in [0.25, 0.3) is 10.0 Å². The number of carbonyl (C=O) groups excluding carboxylic acids is 2. The lowest BCUT2D eigenvalue weighted by Crippen LogP contribution is -2.51. The van der Waals surface area contributed by atoms with Crippen LogP contribution in [-0.2, 0) is 26.2 Å². The number of anilines is 1. The molecule has 1 N–H and O–H groups in total. The lowest BCUT2D eigenvalue weighted by molar-refractivity contribution is -0.140. The Bertz CT molecular complexity index is 1330. The van der Waals surface area contributed by atoms with E-state index in [4.69, 9.17) is 34.8 Å². The fraction of sp³-hybridized carbons (Fsp3) is 0.231. The second kappa shape index (κ2) is 12.6. The molecule has 0 fully saturated rings. The van der Waals surface area contributed by atoms with E-state index in [0.717, 1.165) is 4.31 Å². The van der Waals surface area contributed by atoms with Crippen LogP contribution in [0.2, 0.25) is 15.1 Å². The Morgan fingerprint density at radius 1 is 0.892 bits per heavy atom. The van der Waals surface area contributed by atoms with Gasteiger partial charge in [-0.05, 0) is 55.0 Å². The van der Waals surface area contributed by atoms with Crippen LogP contribution in [0.15, 0.2) is 77.7 Å². The number of likely N-dealkylation sites (N-methyl/N-ethyl adjacent to an activating group) is 1. The van der Waals surface area contributed by atoms with E-state index in [1.54, 1.807) is 43.3 Å². The molecule has 7 nitrogen and oxygen atoms in total. The monoisotopic (exact) mass is 581 g/mol. The number of rotatable bonds is 10. The summed E-state index contributed by atoms with van der Waals surface area (Å²) in [5, 5.41) is 3.62. The van der Waals surface area contributed by atoms with Crippen LogP contribution in [0.4, 0.5) is 5.69 Å². The Labute approximate surface area is 232 Å². The van der Waals surface area contributed by atoms with Crippen molar-refractivity contribution in [2.24, 2.45) is 0 Å². The number of halogens is 3. The summed E-state index contributed by atoms with van der Waals surface area (Å²) in [7, 11) is -2.68. The zero-order valence-electron chi connectivity index (χ0n) is 20.2. The third-order valence-electron chi connectivity index (χ3n) is 5.75. The first-order valence-corrected chi connectivity index (χ1v) is 13.9. The SMILES string of the molecule is CC[C@H](C(=O)NC)N(Cc1c(Cl)cccc1Cl)C(=O)CN(c1ccc(Cl)cc1)S(=O)(=O)c1ccccc1. The largest absolute Gasteiger partial charge is 0.357 e. The molecule has 3 rings (SSSR count). The fourth-order valence-corrected chi connectivity index (χ4v) is 5.87. The van der Waals surface area contributed by atoms with Crippen LogP contribution in [0.25, 0.3) is 0 Å². The van der Waals surface area contributed by atoms with Crippen molar-refractivity contribution < 1.29 is 18.0 Å². The van der Waals surface area contributed by atoms with Gasteiger partial charge in [0.05, 0.1) is 10.6 Å². The quantitative estimate of drug-likeness (QED) is 0.347. The van der Waals surface area contributed by atoms with Gasteiger partial charge in [0.2, 0.25) is 11.8 Å². The number of sulfonamides is 1. The number of benzene rings is 3. The van der Waals surface area contributed by atoms with E-state index in [1.165, 1.54) is 48.3 Å². The topological polar surface area (TPSA) is 86.8 Å². The molecule has 0 aliphatic heterocycles. The van der Waals surface area contributed by atoms with Crippen molar-refractivity contribution in [2.75, 3.05) is 17.9 Å². The van der Waals surface area contributed by atoms with Gasteiger partial charge in [0.1, 0.15) is 12.6 Å². The van der Waals surface area contributed by atoms with E-state index >= 15 is 0 Å². The maximum absolute atomic E-state index is 13.8. The highest BCUT2D eigenvalue weighted by molar-refractivity contribution is 7.92. The molecule has 1 atom stereocenters. The number of hydrogen-bond acceptors (Lipinski definition) is 4. The van der Waals surface area contributed by atoms with Crippen molar-refractivity contribution in [1.29, 1.82) is 0 Å². The highest BCUT2D eigenvalue weighted by Gasteiger charge is 2.34. The third-order valence-corrected chi connectivity index (χ3v) is 8.50. The fourth-order valence-electron chi connectivity index (χ4n) is 3.80. The van der Waals surface area contributed by atoms with Crippen LogP contribution in [0.5, 0.6) is 0 Å². The molecule has 0 aliphatic carbocycles. The van der Waals surface area contributed by atoms with Gasteiger partial charge in [-0.25, -0.2) is 8.42 Å². The summed E-state index contributed by atoms with van der Waals surface area (Å²) < 4.78 is 28.3. The van der Waals surface area contributed by atoms with Gasteiger partial charge in [-0.2, -0.15) is 0 Å². The predicted octanol–water partition coefficient (Wildman–Crippen LogP) is 5.40. The molecule has 0 saturated heterocycles. The Hall–Kier alpha value is -2.78. The molecule has 3 aromatic rings. The third kappa shape index (κ3) is 6.76. The molecule has 37 heavy (non-hydrogen) atoms. The van der Waals surface area contributed by atoms with Crippen LogP contribution in [0.3, 0.4) is 0 Å². The molecule has 11 heteroatoms. The minimum atomic E-state index is -4.15. The van der Waals surface area contributed by atoms with Gasteiger partial charge in [-0.15, -0.1) is 0 Å². The lowest BCUT2D eigenvalue weighted by Gasteiger charge is -2.33. The Balaban J connectivity index is 2.08. The van der Waals surface area contributed by atoms with Crippen LogP contribution < -0.4 is 9.62 Å². The summed E-state index contributed by atoms with van der Waals surface area (Å²) in [6, 6.07) is 17.9. The van der Waals surface area contributed by atoms with Crippen LogP contribution in [0.1, 0.15) is 18.9 Å². The molecule has 0 saturated carbocycles. The van der Waals surface area contributed by atoms with Crippen molar-refractivity contribution in [3.8, 4) is 0 Å². The molecule has 0 radical (unpaired) electrons. The minimum absolute atomic E-state index is 0.0109. The average molecular weight is 583 g/mol. The van der Waals surface area contributed by atoms with Crippen LogP contribution in [0, 0.1) is 0 Å². The van der Waals surface area contributed by atoms with Crippen LogP contribution in [-0.4, -0.2) is 44.8 Å². The first-order valence-electron chi connectivity index (χ1n) is 11.4. The molecule has 0 aromatic heterocycles. The Kier molecular flexibility index (Phi) is 9.84. The van der Waals surface area contributed by atoms with E-state index in [-0.39, 0.29) is 23.5 Å². The second-order valence-electron chi connectivity index (χ2n) is 8.06. The summed E-state index contributed by atoms with van der Waals surface area (Å²) in [6.45, 7) is 1.09. The molecule has 0 spiro atoms. The van der Waals surface area contributed by atoms with Crippen molar-refractivity contribution in [3.63, 3.8) is 0 Å². The number of nitrogens with zero attached hydrogens (tertiary/aromatic N) is 2. The number of nitrogens with one attached hydrogen (secondary N) is 1. The zero-order valence-corrected chi connectivity index (χ0v) is 23.3. The summed E-state index contributed by atoms with van der Waals surface area (Å²) in [6.07, 6.45) is 0.278. The van der Waals surface area contributed by atoms with Crippen molar-refractivity contribution >= 4 is 62.3 Å². The summed E-state index contributed by atoms with van der Waals surface area (Å²) >= 11 is 18.8. The molecule has 2 amide bonds. The molecule has 0 heterocycles. The van der Waals surface area contributed by atoms with Crippen molar-refractivity contribution in [1.82, 2.24) is 10.2 Å². The number of amides is 2. The Morgan fingerprint density at radius 2 is 1.49 bits per heavy atom. The van der Waals surface area contributed by atoms with Crippen molar-refractivity contribution in [2.45, 2.75) is 30.8 Å². The molecule has 3 aromatic carbocycles. The summed E-state index contributed by atoms with van der Waals surface area (Å²) in [5.41, 5.74) is 0.691. The molecule has 0 unspecified atom stereocenters. The summed E-state index contributed by atoms with van der Waals surface area (Å²) in [4.78, 5) is 27.9. The van der Waals surface area contributed by atoms with Gasteiger partial charge in [-0.3, -0.25) is 13.9 Å². The van der Waals surface area contributed by atoms with E-state index < -0.39 is 34.4 Å². The number of hydrogen-bond donors (Lipinski definition) is 1. The van der Waals surface area contributed by atoms with E-state index in [9.17, 15) is 18.0 Å². The van der Waals surface area contributed by atoms with Gasteiger partial charge in [0.15, 0.2) is 0 Å². The van der Waals surface area contributed by atoms with Gasteiger partial charge in [-0.1, -0.05) is 66.0 Å². The first-order chi connectivity index (χ1) is 17.6. The summed E-state index contributed by atoms with van der Waals surface area (Å²) in [5.74, 6) is -1.01. The van der Waals surface area contributed by atoms with Gasteiger partial charge in [0, 0.05) is 34.2 Å². The van der Waals surface area contributed by atoms with Crippen LogP contribution >= 0.6 is 34.8 Å². The average Bonchev–Trinajstić information content (AvgIpc) is 2.89. The number of carbonyl (C=O) groups is 2. The Morgan fingerprint density at radius 3 is 2.03 bits per heavy atom. The lowest BCUT2D eigenvalue weighted by atomic mass is 10.1. The second-order valence-corrected chi connectivity index (χ2v) is 11.2.